The third kappa shape index (κ3) is 4.17. The van der Waals surface area contributed by atoms with Crippen molar-refractivity contribution in [1.29, 1.82) is 5.26 Å². The molecule has 0 saturated carbocycles. The maximum atomic E-state index is 12.2. The van der Waals surface area contributed by atoms with Gasteiger partial charge in [-0.2, -0.15) is 17.0 Å². The number of thioether (sulfide) groups is 1. The average Bonchev–Trinajstić information content (AvgIpc) is 2.42. The van der Waals surface area contributed by atoms with E-state index < -0.39 is 0 Å². The largest absolute Gasteiger partial charge is 0.324 e. The lowest BCUT2D eigenvalue weighted by Gasteiger charge is -2.24. The highest BCUT2D eigenvalue weighted by atomic mass is 32.2. The van der Waals surface area contributed by atoms with Gasteiger partial charge in [0.05, 0.1) is 12.5 Å². The smallest absolute Gasteiger partial charge is 0.321 e. The van der Waals surface area contributed by atoms with Crippen LogP contribution in [0.15, 0.2) is 18.2 Å². The zero-order valence-corrected chi connectivity index (χ0v) is 13.3. The minimum atomic E-state index is -0.183. The van der Waals surface area contributed by atoms with E-state index >= 15 is 0 Å². The van der Waals surface area contributed by atoms with Gasteiger partial charge in [-0.3, -0.25) is 0 Å². The van der Waals surface area contributed by atoms with Gasteiger partial charge < -0.3 is 10.2 Å². The van der Waals surface area contributed by atoms with E-state index in [2.05, 4.69) is 23.7 Å². The van der Waals surface area contributed by atoms with Gasteiger partial charge in [-0.05, 0) is 37.3 Å². The molecule has 2 amide bonds. The zero-order chi connectivity index (χ0) is 15.1. The van der Waals surface area contributed by atoms with E-state index in [1.54, 1.807) is 23.7 Å². The van der Waals surface area contributed by atoms with Crippen molar-refractivity contribution >= 4 is 23.5 Å². The number of nitriles is 1. The first-order valence-electron chi connectivity index (χ1n) is 6.49. The Labute approximate surface area is 125 Å². The summed E-state index contributed by atoms with van der Waals surface area (Å²) in [7, 11) is 1.71. The fourth-order valence-corrected chi connectivity index (χ4v) is 2.43. The molecular formula is C15H21N3OS. The first-order valence-corrected chi connectivity index (χ1v) is 7.88. The predicted molar refractivity (Wildman–Crippen MR) is 84.9 cm³/mol. The van der Waals surface area contributed by atoms with Crippen molar-refractivity contribution in [2.45, 2.75) is 32.1 Å². The summed E-state index contributed by atoms with van der Waals surface area (Å²) in [6, 6.07) is 7.72. The van der Waals surface area contributed by atoms with Gasteiger partial charge in [0.2, 0.25) is 0 Å². The summed E-state index contributed by atoms with van der Waals surface area (Å²) in [6.45, 7) is 3.87. The van der Waals surface area contributed by atoms with Crippen LogP contribution in [0.5, 0.6) is 0 Å². The Morgan fingerprint density at radius 3 is 2.85 bits per heavy atom. The van der Waals surface area contributed by atoms with Crippen LogP contribution < -0.4 is 5.32 Å². The van der Waals surface area contributed by atoms with Crippen LogP contribution >= 0.6 is 11.8 Å². The van der Waals surface area contributed by atoms with Crippen LogP contribution in [0.25, 0.3) is 0 Å². The molecule has 20 heavy (non-hydrogen) atoms. The molecule has 0 fully saturated rings. The van der Waals surface area contributed by atoms with E-state index in [9.17, 15) is 4.79 Å². The summed E-state index contributed by atoms with van der Waals surface area (Å²) in [5, 5.41) is 11.6. The number of nitrogens with one attached hydrogen (secondary N) is 1. The van der Waals surface area contributed by atoms with Crippen molar-refractivity contribution in [2.24, 2.45) is 0 Å². The third-order valence-electron chi connectivity index (χ3n) is 3.36. The van der Waals surface area contributed by atoms with Gasteiger partial charge in [0.25, 0.3) is 0 Å². The molecule has 1 rings (SSSR count). The maximum absolute atomic E-state index is 12.2. The lowest BCUT2D eigenvalue weighted by atomic mass is 10.1. The third-order valence-corrected chi connectivity index (χ3v) is 3.96. The zero-order valence-electron chi connectivity index (χ0n) is 12.4. The first-order chi connectivity index (χ1) is 9.51. The second-order valence-corrected chi connectivity index (χ2v) is 5.64. The fraction of sp³-hybridized carbons (Fsp3) is 0.467. The molecule has 0 aliphatic carbocycles. The average molecular weight is 291 g/mol. The number of nitrogens with zero attached hydrogens (tertiary/aromatic N) is 2. The lowest BCUT2D eigenvalue weighted by molar-refractivity contribution is 0.208. The maximum Gasteiger partial charge on any atom is 0.321 e. The molecule has 0 bridgehead atoms. The lowest BCUT2D eigenvalue weighted by Crippen LogP contribution is -2.38. The summed E-state index contributed by atoms with van der Waals surface area (Å²) in [4.78, 5) is 13.7. The number of amides is 2. The summed E-state index contributed by atoms with van der Waals surface area (Å²) in [5.41, 5.74) is 3.15. The summed E-state index contributed by atoms with van der Waals surface area (Å²) >= 11 is 1.76. The molecule has 1 aromatic rings. The van der Waals surface area contributed by atoms with Crippen molar-refractivity contribution in [3.8, 4) is 6.07 Å². The van der Waals surface area contributed by atoms with Crippen molar-refractivity contribution < 1.29 is 4.79 Å². The Morgan fingerprint density at radius 1 is 1.55 bits per heavy atom. The van der Waals surface area contributed by atoms with Gasteiger partial charge in [0.15, 0.2) is 0 Å². The second-order valence-electron chi connectivity index (χ2n) is 4.78. The minimum absolute atomic E-state index is 0.102. The summed E-state index contributed by atoms with van der Waals surface area (Å²) in [5.74, 6) is 0.927. The van der Waals surface area contributed by atoms with Crippen molar-refractivity contribution in [3.63, 3.8) is 0 Å². The molecule has 4 nitrogen and oxygen atoms in total. The molecule has 1 N–H and O–H groups in total. The first kappa shape index (κ1) is 16.4. The van der Waals surface area contributed by atoms with Crippen LogP contribution in [0.3, 0.4) is 0 Å². The van der Waals surface area contributed by atoms with Crippen LogP contribution in [0.1, 0.15) is 24.5 Å². The molecule has 0 aliphatic heterocycles. The van der Waals surface area contributed by atoms with Gasteiger partial charge in [-0.1, -0.05) is 12.1 Å². The van der Waals surface area contributed by atoms with Gasteiger partial charge in [0, 0.05) is 24.5 Å². The number of urea groups is 1. The molecule has 0 aliphatic rings. The normalized spacial score (nSPS) is 11.6. The highest BCUT2D eigenvalue weighted by Gasteiger charge is 2.16. The van der Waals surface area contributed by atoms with Crippen molar-refractivity contribution in [3.05, 3.63) is 29.3 Å². The summed E-state index contributed by atoms with van der Waals surface area (Å²) < 4.78 is 0. The van der Waals surface area contributed by atoms with Gasteiger partial charge >= 0.3 is 6.03 Å². The molecule has 5 heteroatoms. The SMILES string of the molecule is CSCc1cccc(NC(=O)N(C)[C@@H](C)CC#N)c1C. The number of carbonyl (C=O) groups excluding carboxylic acids is 1. The van der Waals surface area contributed by atoms with Gasteiger partial charge in [-0.15, -0.1) is 0 Å². The van der Waals surface area contributed by atoms with Crippen LogP contribution in [0.4, 0.5) is 10.5 Å². The van der Waals surface area contributed by atoms with E-state index in [4.69, 9.17) is 5.26 Å². The summed E-state index contributed by atoms with van der Waals surface area (Å²) in [6.07, 6.45) is 2.39. The highest BCUT2D eigenvalue weighted by molar-refractivity contribution is 7.97. The molecular weight excluding hydrogens is 270 g/mol. The Balaban J connectivity index is 2.81. The van der Waals surface area contributed by atoms with E-state index in [-0.39, 0.29) is 12.1 Å². The van der Waals surface area contributed by atoms with E-state index in [0.717, 1.165) is 17.0 Å². The van der Waals surface area contributed by atoms with E-state index in [1.807, 2.05) is 26.0 Å². The van der Waals surface area contributed by atoms with Crippen molar-refractivity contribution in [1.82, 2.24) is 4.90 Å². The molecule has 0 radical (unpaired) electrons. The van der Waals surface area contributed by atoms with Crippen LogP contribution in [-0.4, -0.2) is 30.3 Å². The number of benzene rings is 1. The Kier molecular flexibility index (Phi) is 6.40. The van der Waals surface area contributed by atoms with E-state index in [0.29, 0.717) is 6.42 Å². The van der Waals surface area contributed by atoms with E-state index in [1.165, 1.54) is 5.56 Å². The fourth-order valence-electron chi connectivity index (χ4n) is 1.80. The number of rotatable bonds is 5. The monoisotopic (exact) mass is 291 g/mol. The Bertz CT molecular complexity index is 510. The van der Waals surface area contributed by atoms with Crippen LogP contribution in [-0.2, 0) is 5.75 Å². The second kappa shape index (κ2) is 7.81. The number of carbonyl (C=O) groups is 1. The highest BCUT2D eigenvalue weighted by Crippen LogP contribution is 2.22. The Hall–Kier alpha value is -1.67. The molecule has 0 aromatic heterocycles. The van der Waals surface area contributed by atoms with Gasteiger partial charge in [-0.25, -0.2) is 4.79 Å². The van der Waals surface area contributed by atoms with Gasteiger partial charge in [0.1, 0.15) is 0 Å². The molecule has 0 saturated heterocycles. The van der Waals surface area contributed by atoms with Crippen LogP contribution in [0, 0.1) is 18.3 Å². The molecule has 0 spiro atoms. The molecule has 1 atom stereocenters. The number of hydrogen-bond donors (Lipinski definition) is 1. The standard InChI is InChI=1S/C15H21N3OS/c1-11(8-9-16)18(3)15(19)17-14-7-5-6-13(10-20-4)12(14)2/h5-7,11H,8,10H2,1-4H3,(H,17,19)/t11-/m0/s1. The minimum Gasteiger partial charge on any atom is -0.324 e. The number of hydrogen-bond acceptors (Lipinski definition) is 3. The molecule has 108 valence electrons. The molecule has 0 unspecified atom stereocenters. The molecule has 1 aromatic carbocycles. The topological polar surface area (TPSA) is 56.1 Å². The van der Waals surface area contributed by atoms with Crippen molar-refractivity contribution in [2.75, 3.05) is 18.6 Å². The predicted octanol–water partition coefficient (Wildman–Crippen LogP) is 3.62. The van der Waals surface area contributed by atoms with Crippen LogP contribution in [0.2, 0.25) is 0 Å². The molecule has 0 heterocycles. The Morgan fingerprint density at radius 2 is 2.25 bits per heavy atom. The number of anilines is 1. The quantitative estimate of drug-likeness (QED) is 0.901.